The van der Waals surface area contributed by atoms with Crippen LogP contribution in [0.4, 0.5) is 5.69 Å². The average molecular weight is 342 g/mol. The summed E-state index contributed by atoms with van der Waals surface area (Å²) < 4.78 is 15.3. The van der Waals surface area contributed by atoms with Gasteiger partial charge in [-0.15, -0.1) is 0 Å². The molecule has 8 heteroatoms. The van der Waals surface area contributed by atoms with Crippen LogP contribution in [0, 0.1) is 0 Å². The van der Waals surface area contributed by atoms with Gasteiger partial charge in [0, 0.05) is 18.9 Å². The molecule has 2 rings (SSSR count). The Bertz CT molecular complexity index is 632. The third-order valence-corrected chi connectivity index (χ3v) is 3.29. The van der Waals surface area contributed by atoms with Crippen molar-refractivity contribution in [3.63, 3.8) is 0 Å². The van der Waals surface area contributed by atoms with Crippen LogP contribution in [-0.2, 0) is 23.9 Å². The highest BCUT2D eigenvalue weighted by Crippen LogP contribution is 2.34. The molecular formula is C15H16ClNO6. The summed E-state index contributed by atoms with van der Waals surface area (Å²) in [5, 5.41) is 0.441. The molecule has 7 nitrogen and oxygen atoms in total. The summed E-state index contributed by atoms with van der Waals surface area (Å²) in [5.41, 5.74) is 0.480. The Morgan fingerprint density at radius 1 is 1.35 bits per heavy atom. The number of benzene rings is 1. The van der Waals surface area contributed by atoms with Crippen LogP contribution in [0.2, 0.25) is 5.02 Å². The van der Waals surface area contributed by atoms with Crippen molar-refractivity contribution >= 4 is 35.1 Å². The average Bonchev–Trinajstić information content (AvgIpc) is 2.47. The Hall–Kier alpha value is -2.28. The van der Waals surface area contributed by atoms with Gasteiger partial charge in [0.2, 0.25) is 0 Å². The molecule has 1 aromatic carbocycles. The van der Waals surface area contributed by atoms with Crippen molar-refractivity contribution in [1.29, 1.82) is 0 Å². The molecule has 0 aromatic heterocycles. The fraction of sp³-hybridized carbons (Fsp3) is 0.400. The third-order valence-electron chi connectivity index (χ3n) is 3.06. The molecule has 0 saturated heterocycles. The van der Waals surface area contributed by atoms with Crippen molar-refractivity contribution in [2.75, 3.05) is 24.7 Å². The molecule has 0 N–H and O–H groups in total. The van der Waals surface area contributed by atoms with Crippen LogP contribution in [0.1, 0.15) is 13.8 Å². The lowest BCUT2D eigenvalue weighted by molar-refractivity contribution is -0.155. The van der Waals surface area contributed by atoms with Gasteiger partial charge in [0.15, 0.2) is 12.7 Å². The van der Waals surface area contributed by atoms with Gasteiger partial charge in [0.05, 0.1) is 12.2 Å². The van der Waals surface area contributed by atoms with Gasteiger partial charge < -0.3 is 19.1 Å². The second-order valence-corrected chi connectivity index (χ2v) is 5.38. The SMILES string of the molecule is CC(=O)OCC(CN1C(=O)COc2ccc(Cl)cc21)OC(C)=O. The number of fused-ring (bicyclic) bond motifs is 1. The van der Waals surface area contributed by atoms with E-state index in [0.717, 1.165) is 0 Å². The first-order valence-electron chi connectivity index (χ1n) is 6.90. The van der Waals surface area contributed by atoms with Gasteiger partial charge in [-0.2, -0.15) is 0 Å². The summed E-state index contributed by atoms with van der Waals surface area (Å²) in [4.78, 5) is 35.7. The lowest BCUT2D eigenvalue weighted by Gasteiger charge is -2.31. The normalized spacial score (nSPS) is 14.6. The number of halogens is 1. The molecule has 124 valence electrons. The van der Waals surface area contributed by atoms with Gasteiger partial charge in [0.25, 0.3) is 5.91 Å². The zero-order valence-corrected chi connectivity index (χ0v) is 13.5. The summed E-state index contributed by atoms with van der Waals surface area (Å²) in [7, 11) is 0. The minimum atomic E-state index is -0.787. The maximum atomic E-state index is 12.1. The van der Waals surface area contributed by atoms with Gasteiger partial charge in [0.1, 0.15) is 12.4 Å². The molecule has 1 amide bonds. The topological polar surface area (TPSA) is 82.1 Å². The second kappa shape index (κ2) is 7.32. The first kappa shape index (κ1) is 17.1. The zero-order chi connectivity index (χ0) is 17.0. The van der Waals surface area contributed by atoms with Crippen molar-refractivity contribution in [2.24, 2.45) is 0 Å². The number of rotatable bonds is 5. The summed E-state index contributed by atoms with van der Waals surface area (Å²) in [6.45, 7) is 2.25. The predicted molar refractivity (Wildman–Crippen MR) is 81.5 cm³/mol. The molecule has 1 heterocycles. The van der Waals surface area contributed by atoms with Gasteiger partial charge in [-0.25, -0.2) is 0 Å². The van der Waals surface area contributed by atoms with E-state index in [9.17, 15) is 14.4 Å². The first-order chi connectivity index (χ1) is 10.9. The van der Waals surface area contributed by atoms with E-state index in [1.165, 1.54) is 18.7 Å². The highest BCUT2D eigenvalue weighted by Gasteiger charge is 2.29. The molecule has 1 aromatic rings. The van der Waals surface area contributed by atoms with Crippen LogP contribution in [0.15, 0.2) is 18.2 Å². The van der Waals surface area contributed by atoms with E-state index in [1.54, 1.807) is 18.2 Å². The second-order valence-electron chi connectivity index (χ2n) is 4.94. The number of carbonyl (C=O) groups is 3. The number of carbonyl (C=O) groups excluding carboxylic acids is 3. The molecule has 0 aliphatic carbocycles. The highest BCUT2D eigenvalue weighted by molar-refractivity contribution is 6.31. The largest absolute Gasteiger partial charge is 0.482 e. The Morgan fingerprint density at radius 3 is 2.74 bits per heavy atom. The van der Waals surface area contributed by atoms with E-state index in [1.807, 2.05) is 0 Å². The highest BCUT2D eigenvalue weighted by atomic mass is 35.5. The van der Waals surface area contributed by atoms with Crippen LogP contribution < -0.4 is 9.64 Å². The molecule has 0 saturated carbocycles. The number of amides is 1. The van der Waals surface area contributed by atoms with E-state index in [4.69, 9.17) is 25.8 Å². The summed E-state index contributed by atoms with van der Waals surface area (Å²) in [6.07, 6.45) is -0.787. The summed E-state index contributed by atoms with van der Waals surface area (Å²) in [6, 6.07) is 4.89. The first-order valence-corrected chi connectivity index (χ1v) is 7.28. The monoisotopic (exact) mass is 341 g/mol. The van der Waals surface area contributed by atoms with E-state index < -0.39 is 18.0 Å². The minimum Gasteiger partial charge on any atom is -0.482 e. The maximum absolute atomic E-state index is 12.1. The minimum absolute atomic E-state index is 0.0302. The number of hydrogen-bond donors (Lipinski definition) is 0. The molecule has 1 aliphatic heterocycles. The van der Waals surface area contributed by atoms with Crippen LogP contribution in [0.5, 0.6) is 5.75 Å². The molecule has 0 spiro atoms. The summed E-state index contributed by atoms with van der Waals surface area (Å²) in [5.74, 6) is -0.837. The number of anilines is 1. The molecule has 1 aliphatic rings. The zero-order valence-electron chi connectivity index (χ0n) is 12.7. The smallest absolute Gasteiger partial charge is 0.303 e. The van der Waals surface area contributed by atoms with Crippen LogP contribution >= 0.6 is 11.6 Å². The molecule has 1 atom stereocenters. The lowest BCUT2D eigenvalue weighted by atomic mass is 10.2. The van der Waals surface area contributed by atoms with E-state index in [0.29, 0.717) is 16.5 Å². The Morgan fingerprint density at radius 2 is 2.09 bits per heavy atom. The lowest BCUT2D eigenvalue weighted by Crippen LogP contribution is -2.45. The van der Waals surface area contributed by atoms with Crippen molar-refractivity contribution in [2.45, 2.75) is 20.0 Å². The van der Waals surface area contributed by atoms with E-state index in [2.05, 4.69) is 0 Å². The van der Waals surface area contributed by atoms with Gasteiger partial charge >= 0.3 is 11.9 Å². The quantitative estimate of drug-likeness (QED) is 0.756. The van der Waals surface area contributed by atoms with Crippen molar-refractivity contribution in [3.8, 4) is 5.75 Å². The molecular weight excluding hydrogens is 326 g/mol. The third kappa shape index (κ3) is 4.59. The summed E-state index contributed by atoms with van der Waals surface area (Å²) >= 11 is 5.97. The predicted octanol–water partition coefficient (Wildman–Crippen LogP) is 1.56. The fourth-order valence-electron chi connectivity index (χ4n) is 2.15. The number of nitrogens with zero attached hydrogens (tertiary/aromatic N) is 1. The molecule has 1 unspecified atom stereocenters. The molecule has 23 heavy (non-hydrogen) atoms. The van der Waals surface area contributed by atoms with Crippen LogP contribution in [0.25, 0.3) is 0 Å². The molecule has 0 bridgehead atoms. The van der Waals surface area contributed by atoms with Crippen molar-refractivity contribution in [1.82, 2.24) is 0 Å². The molecule has 0 fully saturated rings. The number of ether oxygens (including phenoxy) is 3. The van der Waals surface area contributed by atoms with Crippen LogP contribution in [0.3, 0.4) is 0 Å². The van der Waals surface area contributed by atoms with Gasteiger partial charge in [-0.1, -0.05) is 11.6 Å². The number of esters is 2. The fourth-order valence-corrected chi connectivity index (χ4v) is 2.31. The Labute approximate surface area is 138 Å². The van der Waals surface area contributed by atoms with Gasteiger partial charge in [-0.3, -0.25) is 14.4 Å². The maximum Gasteiger partial charge on any atom is 0.303 e. The standard InChI is InChI=1S/C15H16ClNO6/c1-9(18)21-7-12(23-10(2)19)6-17-13-5-11(16)3-4-14(13)22-8-15(17)20/h3-5,12H,6-8H2,1-2H3. The number of hydrogen-bond acceptors (Lipinski definition) is 6. The Kier molecular flexibility index (Phi) is 5.44. The molecule has 0 radical (unpaired) electrons. The van der Waals surface area contributed by atoms with Crippen molar-refractivity contribution in [3.05, 3.63) is 23.2 Å². The Balaban J connectivity index is 2.20. The van der Waals surface area contributed by atoms with Crippen molar-refractivity contribution < 1.29 is 28.6 Å². The van der Waals surface area contributed by atoms with E-state index in [-0.39, 0.29) is 25.7 Å². The van der Waals surface area contributed by atoms with Gasteiger partial charge in [-0.05, 0) is 18.2 Å². The van der Waals surface area contributed by atoms with Crippen LogP contribution in [-0.4, -0.2) is 43.7 Å². The van der Waals surface area contributed by atoms with E-state index >= 15 is 0 Å².